The Hall–Kier alpha value is -1.09. The number of hydrogen-bond acceptors (Lipinski definition) is 5. The van der Waals surface area contributed by atoms with Gasteiger partial charge in [-0.3, -0.25) is 9.79 Å². The molecule has 23 heavy (non-hydrogen) atoms. The molecule has 1 heterocycles. The van der Waals surface area contributed by atoms with Gasteiger partial charge in [-0.1, -0.05) is 37.2 Å². The molecule has 1 N–H and O–H groups in total. The van der Waals surface area contributed by atoms with Crippen LogP contribution in [-0.2, 0) is 10.0 Å². The summed E-state index contributed by atoms with van der Waals surface area (Å²) < 4.78 is 26.4. The zero-order chi connectivity index (χ0) is 17.0. The molecule has 0 bridgehead atoms. The monoisotopic (exact) mass is 375 g/mol. The number of rotatable bonds is 5. The van der Waals surface area contributed by atoms with Gasteiger partial charge in [0, 0.05) is 18.8 Å². The number of amidine groups is 1. The maximum Gasteiger partial charge on any atom is 0.258 e. The summed E-state index contributed by atoms with van der Waals surface area (Å²) in [6.45, 7) is 4.90. The summed E-state index contributed by atoms with van der Waals surface area (Å²) in [6.07, 6.45) is 0. The Bertz CT molecular complexity index is 731. The van der Waals surface area contributed by atoms with Crippen LogP contribution in [0.4, 0.5) is 0 Å². The van der Waals surface area contributed by atoms with Crippen molar-refractivity contribution in [3.05, 3.63) is 28.8 Å². The molecule has 0 radical (unpaired) electrons. The van der Waals surface area contributed by atoms with Gasteiger partial charge in [0.25, 0.3) is 5.91 Å². The van der Waals surface area contributed by atoms with Crippen LogP contribution in [-0.4, -0.2) is 49.2 Å². The average molecular weight is 376 g/mol. The fourth-order valence-electron chi connectivity index (χ4n) is 2.13. The van der Waals surface area contributed by atoms with Crippen LogP contribution >= 0.6 is 23.4 Å². The van der Waals surface area contributed by atoms with Crippen LogP contribution < -0.4 is 5.32 Å². The first-order valence-electron chi connectivity index (χ1n) is 7.18. The molecular formula is C14H18ClN3O3S2. The van der Waals surface area contributed by atoms with Crippen LogP contribution in [0.1, 0.15) is 24.2 Å². The Balaban J connectivity index is 2.33. The van der Waals surface area contributed by atoms with Crippen molar-refractivity contribution in [3.8, 4) is 0 Å². The number of carbonyl (C=O) groups is 1. The first-order valence-corrected chi connectivity index (χ1v) is 9.98. The normalized spacial score (nSPS) is 14.9. The van der Waals surface area contributed by atoms with Crippen molar-refractivity contribution in [1.82, 2.24) is 9.62 Å². The topological polar surface area (TPSA) is 78.8 Å². The Morgan fingerprint density at radius 1 is 1.39 bits per heavy atom. The van der Waals surface area contributed by atoms with Gasteiger partial charge < -0.3 is 5.32 Å². The van der Waals surface area contributed by atoms with Gasteiger partial charge in [-0.15, -0.1) is 0 Å². The van der Waals surface area contributed by atoms with E-state index in [0.717, 1.165) is 5.75 Å². The lowest BCUT2D eigenvalue weighted by Crippen LogP contribution is -2.31. The van der Waals surface area contributed by atoms with Crippen LogP contribution in [0.3, 0.4) is 0 Å². The predicted octanol–water partition coefficient (Wildman–Crippen LogP) is 2.20. The molecule has 1 aromatic rings. The highest BCUT2D eigenvalue weighted by Gasteiger charge is 2.24. The number of aliphatic imine (C=N–C) groups is 1. The number of benzene rings is 1. The quantitative estimate of drug-likeness (QED) is 0.855. The molecule has 6 nitrogen and oxygen atoms in total. The van der Waals surface area contributed by atoms with E-state index in [-0.39, 0.29) is 15.5 Å². The third kappa shape index (κ3) is 4.06. The summed E-state index contributed by atoms with van der Waals surface area (Å²) in [4.78, 5) is 16.5. The molecule has 0 aromatic heterocycles. The van der Waals surface area contributed by atoms with Crippen LogP contribution in [0.5, 0.6) is 0 Å². The second kappa shape index (κ2) is 7.65. The molecule has 1 amide bonds. The second-order valence-electron chi connectivity index (χ2n) is 4.72. The van der Waals surface area contributed by atoms with E-state index >= 15 is 0 Å². The number of hydrogen-bond donors (Lipinski definition) is 1. The van der Waals surface area contributed by atoms with E-state index in [0.29, 0.717) is 24.8 Å². The maximum atomic E-state index is 12.5. The highest BCUT2D eigenvalue weighted by Crippen LogP contribution is 2.23. The van der Waals surface area contributed by atoms with Gasteiger partial charge in [0.2, 0.25) is 10.0 Å². The molecular weight excluding hydrogens is 358 g/mol. The van der Waals surface area contributed by atoms with E-state index in [2.05, 4.69) is 10.3 Å². The first-order chi connectivity index (χ1) is 10.9. The number of nitrogens with one attached hydrogen (secondary N) is 1. The van der Waals surface area contributed by atoms with Crippen LogP contribution in [0.25, 0.3) is 0 Å². The number of thioether (sulfide) groups is 1. The summed E-state index contributed by atoms with van der Waals surface area (Å²) >= 11 is 7.50. The van der Waals surface area contributed by atoms with Crippen molar-refractivity contribution < 1.29 is 13.2 Å². The SMILES string of the molecule is CCN(CC)S(=O)(=O)c1ccc(Cl)c(C(=O)NC2=NCCS2)c1. The summed E-state index contributed by atoms with van der Waals surface area (Å²) in [5, 5.41) is 3.38. The number of carbonyl (C=O) groups excluding carboxylic acids is 1. The number of halogens is 1. The van der Waals surface area contributed by atoms with Crippen molar-refractivity contribution in [2.45, 2.75) is 18.7 Å². The third-order valence-corrected chi connectivity index (χ3v) is 6.60. The van der Waals surface area contributed by atoms with E-state index in [9.17, 15) is 13.2 Å². The van der Waals surface area contributed by atoms with Gasteiger partial charge in [-0.25, -0.2) is 8.42 Å². The van der Waals surface area contributed by atoms with Crippen molar-refractivity contribution in [1.29, 1.82) is 0 Å². The zero-order valence-corrected chi connectivity index (χ0v) is 15.3. The van der Waals surface area contributed by atoms with E-state index in [1.165, 1.54) is 34.3 Å². The predicted molar refractivity (Wildman–Crippen MR) is 93.8 cm³/mol. The fourth-order valence-corrected chi connectivity index (χ4v) is 4.54. The molecule has 0 fully saturated rings. The van der Waals surface area contributed by atoms with Crippen LogP contribution in [0.15, 0.2) is 28.1 Å². The smallest absolute Gasteiger partial charge is 0.258 e. The largest absolute Gasteiger partial charge is 0.301 e. The Kier molecular flexibility index (Phi) is 6.07. The summed E-state index contributed by atoms with van der Waals surface area (Å²) in [5.74, 6) is 0.361. The Morgan fingerprint density at radius 3 is 2.65 bits per heavy atom. The molecule has 0 saturated heterocycles. The van der Waals surface area contributed by atoms with Gasteiger partial charge in [0.05, 0.1) is 22.0 Å². The van der Waals surface area contributed by atoms with Gasteiger partial charge in [0.1, 0.15) is 0 Å². The van der Waals surface area contributed by atoms with Crippen molar-refractivity contribution in [3.63, 3.8) is 0 Å². The highest BCUT2D eigenvalue weighted by molar-refractivity contribution is 8.14. The summed E-state index contributed by atoms with van der Waals surface area (Å²) in [5.41, 5.74) is 0.120. The molecule has 1 aliphatic rings. The van der Waals surface area contributed by atoms with E-state index in [4.69, 9.17) is 11.6 Å². The minimum absolute atomic E-state index is 0.0526. The molecule has 1 aromatic carbocycles. The molecule has 0 atom stereocenters. The number of nitrogens with zero attached hydrogens (tertiary/aromatic N) is 2. The third-order valence-electron chi connectivity index (χ3n) is 3.33. The number of sulfonamides is 1. The Labute approximate surface area is 145 Å². The highest BCUT2D eigenvalue weighted by atomic mass is 35.5. The molecule has 126 valence electrons. The average Bonchev–Trinajstić information content (AvgIpc) is 3.01. The molecule has 9 heteroatoms. The van der Waals surface area contributed by atoms with Crippen molar-refractivity contribution in [2.24, 2.45) is 4.99 Å². The first kappa shape index (κ1) is 18.3. The van der Waals surface area contributed by atoms with Crippen LogP contribution in [0.2, 0.25) is 5.02 Å². The van der Waals surface area contributed by atoms with Crippen LogP contribution in [0, 0.1) is 0 Å². The second-order valence-corrected chi connectivity index (χ2v) is 8.15. The standard InChI is InChI=1S/C14H18ClN3O3S2/c1-3-18(4-2)23(20,21)10-5-6-12(15)11(9-10)13(19)17-14-16-7-8-22-14/h5-6,9H,3-4,7-8H2,1-2H3,(H,16,17,19). The van der Waals surface area contributed by atoms with Gasteiger partial charge in [0.15, 0.2) is 5.17 Å². The molecule has 2 rings (SSSR count). The molecule has 0 unspecified atom stereocenters. The molecule has 1 aliphatic heterocycles. The zero-order valence-electron chi connectivity index (χ0n) is 12.9. The molecule has 0 saturated carbocycles. The summed E-state index contributed by atoms with van der Waals surface area (Å²) in [6, 6.07) is 4.15. The van der Waals surface area contributed by atoms with Crippen molar-refractivity contribution >= 4 is 44.5 Å². The summed E-state index contributed by atoms with van der Waals surface area (Å²) in [7, 11) is -3.64. The van der Waals surface area contributed by atoms with Gasteiger partial charge in [-0.2, -0.15) is 4.31 Å². The maximum absolute atomic E-state index is 12.5. The molecule has 0 spiro atoms. The lowest BCUT2D eigenvalue weighted by Gasteiger charge is -2.19. The molecule has 0 aliphatic carbocycles. The lowest BCUT2D eigenvalue weighted by molar-refractivity contribution is 0.0978. The van der Waals surface area contributed by atoms with Crippen molar-refractivity contribution in [2.75, 3.05) is 25.4 Å². The van der Waals surface area contributed by atoms with E-state index in [1.54, 1.807) is 13.8 Å². The number of amides is 1. The fraction of sp³-hybridized carbons (Fsp3) is 0.429. The van der Waals surface area contributed by atoms with Gasteiger partial charge >= 0.3 is 0 Å². The van der Waals surface area contributed by atoms with E-state index < -0.39 is 15.9 Å². The Morgan fingerprint density at radius 2 is 2.09 bits per heavy atom. The minimum atomic E-state index is -3.64. The van der Waals surface area contributed by atoms with E-state index in [1.807, 2.05) is 0 Å². The lowest BCUT2D eigenvalue weighted by atomic mass is 10.2. The minimum Gasteiger partial charge on any atom is -0.301 e. The van der Waals surface area contributed by atoms with Gasteiger partial charge in [-0.05, 0) is 18.2 Å².